The summed E-state index contributed by atoms with van der Waals surface area (Å²) in [4.78, 5) is 10.0. The maximum absolute atomic E-state index is 10.0. The molecule has 0 atom stereocenters. The highest BCUT2D eigenvalue weighted by Gasteiger charge is 1.97. The first-order valence-electron chi connectivity index (χ1n) is 2.58. The van der Waals surface area contributed by atoms with Gasteiger partial charge in [-0.3, -0.25) is 4.79 Å². The van der Waals surface area contributed by atoms with Gasteiger partial charge in [-0.2, -0.15) is 0 Å². The van der Waals surface area contributed by atoms with E-state index in [0.717, 1.165) is 0 Å². The Morgan fingerprint density at radius 1 is 1.90 bits per heavy atom. The molecule has 0 spiro atoms. The Kier molecular flexibility index (Phi) is 5.33. The number of carboxylic acid groups (broad SMARTS) is 1. The number of carbonyl (C=O) groups is 1. The van der Waals surface area contributed by atoms with Crippen LogP contribution in [0.3, 0.4) is 0 Å². The Morgan fingerprint density at radius 3 is 2.90 bits per heavy atom. The third-order valence-corrected chi connectivity index (χ3v) is 1.93. The van der Waals surface area contributed by atoms with Crippen molar-refractivity contribution in [2.75, 3.05) is 12.8 Å². The highest BCUT2D eigenvalue weighted by atomic mass is 32.2. The average molecular weight is 179 g/mol. The highest BCUT2D eigenvalue weighted by Crippen LogP contribution is 2.17. The quantitative estimate of drug-likeness (QED) is 0.557. The molecule has 58 valence electrons. The largest absolute Gasteiger partial charge is 0.481 e. The fourth-order valence-electron chi connectivity index (χ4n) is 0.301. The van der Waals surface area contributed by atoms with Gasteiger partial charge in [-0.1, -0.05) is 0 Å². The molecule has 0 saturated heterocycles. The lowest BCUT2D eigenvalue weighted by Gasteiger charge is -1.95. The minimum Gasteiger partial charge on any atom is -0.481 e. The summed E-state index contributed by atoms with van der Waals surface area (Å²) in [6.45, 7) is 0. The van der Waals surface area contributed by atoms with Crippen molar-refractivity contribution in [1.29, 1.82) is 0 Å². The van der Waals surface area contributed by atoms with Crippen LogP contribution in [0.4, 0.5) is 0 Å². The van der Waals surface area contributed by atoms with E-state index in [1.54, 1.807) is 13.2 Å². The molecule has 3 nitrogen and oxygen atoms in total. The predicted octanol–water partition coefficient (Wildman–Crippen LogP) is 0.752. The van der Waals surface area contributed by atoms with Gasteiger partial charge in [-0.25, -0.2) is 0 Å². The van der Waals surface area contributed by atoms with Crippen molar-refractivity contribution >= 4 is 30.4 Å². The van der Waals surface area contributed by atoms with Gasteiger partial charge in [0.05, 0.1) is 9.99 Å². The molecule has 0 rings (SSSR count). The van der Waals surface area contributed by atoms with Crippen LogP contribution in [0.2, 0.25) is 0 Å². The van der Waals surface area contributed by atoms with Gasteiger partial charge in [0.2, 0.25) is 0 Å². The number of thioether (sulfide) groups is 1. The fourth-order valence-corrected chi connectivity index (χ4v) is 1.10. The number of carboxylic acids is 1. The molecule has 0 aromatic heterocycles. The van der Waals surface area contributed by atoms with Crippen molar-refractivity contribution in [3.05, 3.63) is 10.4 Å². The van der Waals surface area contributed by atoms with Gasteiger partial charge in [0, 0.05) is 13.2 Å². The summed E-state index contributed by atoms with van der Waals surface area (Å²) in [5.41, 5.74) is 0. The van der Waals surface area contributed by atoms with Crippen LogP contribution >= 0.6 is 24.4 Å². The lowest BCUT2D eigenvalue weighted by Crippen LogP contribution is -1.98. The number of hydrogen-bond donors (Lipinski definition) is 3. The van der Waals surface area contributed by atoms with Crippen LogP contribution in [0.25, 0.3) is 0 Å². The van der Waals surface area contributed by atoms with Gasteiger partial charge >= 0.3 is 5.97 Å². The molecule has 0 fully saturated rings. The summed E-state index contributed by atoms with van der Waals surface area (Å²) in [5, 5.41) is 11.0. The number of thiol groups is 1. The third kappa shape index (κ3) is 5.84. The summed E-state index contributed by atoms with van der Waals surface area (Å²) < 4.78 is 0.671. The van der Waals surface area contributed by atoms with Crippen molar-refractivity contribution in [1.82, 2.24) is 5.32 Å². The van der Waals surface area contributed by atoms with Gasteiger partial charge in [-0.15, -0.1) is 24.4 Å². The number of nitrogens with one attached hydrogen (secondary N) is 1. The zero-order chi connectivity index (χ0) is 7.98. The molecule has 0 aromatic carbocycles. The minimum absolute atomic E-state index is 0.0526. The second-order valence-electron chi connectivity index (χ2n) is 1.45. The van der Waals surface area contributed by atoms with Crippen molar-refractivity contribution in [2.45, 2.75) is 0 Å². The van der Waals surface area contributed by atoms with Gasteiger partial charge in [-0.05, 0) is 0 Å². The van der Waals surface area contributed by atoms with Crippen LogP contribution in [0.5, 0.6) is 0 Å². The topological polar surface area (TPSA) is 49.3 Å². The monoisotopic (exact) mass is 179 g/mol. The Bertz CT molecular complexity index is 147. The molecule has 0 aromatic rings. The van der Waals surface area contributed by atoms with E-state index in [4.69, 9.17) is 5.11 Å². The van der Waals surface area contributed by atoms with E-state index in [1.807, 2.05) is 0 Å². The van der Waals surface area contributed by atoms with Crippen LogP contribution in [0, 0.1) is 0 Å². The van der Waals surface area contributed by atoms with Gasteiger partial charge < -0.3 is 10.4 Å². The average Bonchev–Trinajstić information content (AvgIpc) is 1.85. The van der Waals surface area contributed by atoms with Gasteiger partial charge in [0.1, 0.15) is 0 Å². The highest BCUT2D eigenvalue weighted by molar-refractivity contribution is 8.15. The summed E-state index contributed by atoms with van der Waals surface area (Å²) in [7, 11) is 1.73. The molecule has 5 heteroatoms. The second-order valence-corrected chi connectivity index (χ2v) is 3.26. The zero-order valence-corrected chi connectivity index (χ0v) is 7.21. The molecule has 0 saturated carbocycles. The van der Waals surface area contributed by atoms with Crippen LogP contribution in [-0.2, 0) is 4.79 Å². The molecule has 0 unspecified atom stereocenters. The molecule has 0 amide bonds. The molecule has 0 radical (unpaired) electrons. The van der Waals surface area contributed by atoms with Crippen LogP contribution in [0.1, 0.15) is 0 Å². The lowest BCUT2D eigenvalue weighted by molar-refractivity contribution is -0.133. The summed E-state index contributed by atoms with van der Waals surface area (Å²) >= 11 is 5.16. The van der Waals surface area contributed by atoms with E-state index in [0.29, 0.717) is 4.24 Å². The van der Waals surface area contributed by atoms with E-state index in [2.05, 4.69) is 17.9 Å². The zero-order valence-electron chi connectivity index (χ0n) is 5.50. The maximum atomic E-state index is 10.0. The normalized spacial score (nSPS) is 11.2. The van der Waals surface area contributed by atoms with Crippen molar-refractivity contribution in [2.24, 2.45) is 0 Å². The number of rotatable bonds is 4. The first-order valence-corrected chi connectivity index (χ1v) is 4.01. The van der Waals surface area contributed by atoms with Crippen LogP contribution < -0.4 is 5.32 Å². The van der Waals surface area contributed by atoms with E-state index in [9.17, 15) is 4.79 Å². The molecular weight excluding hydrogens is 170 g/mol. The number of hydrogen-bond acceptors (Lipinski definition) is 4. The maximum Gasteiger partial charge on any atom is 0.313 e. The third-order valence-electron chi connectivity index (χ3n) is 0.611. The second kappa shape index (κ2) is 5.49. The summed E-state index contributed by atoms with van der Waals surface area (Å²) in [5.74, 6) is -0.780. The smallest absolute Gasteiger partial charge is 0.313 e. The van der Waals surface area contributed by atoms with E-state index < -0.39 is 5.97 Å². The van der Waals surface area contributed by atoms with E-state index >= 15 is 0 Å². The molecule has 0 aliphatic heterocycles. The fraction of sp³-hybridized carbons (Fsp3) is 0.400. The van der Waals surface area contributed by atoms with Crippen LogP contribution in [0.15, 0.2) is 10.4 Å². The Hall–Kier alpha value is -0.290. The predicted molar refractivity (Wildman–Crippen MR) is 46.2 cm³/mol. The van der Waals surface area contributed by atoms with Gasteiger partial charge in [0.15, 0.2) is 0 Å². The first-order chi connectivity index (χ1) is 4.66. The minimum atomic E-state index is -0.832. The van der Waals surface area contributed by atoms with Gasteiger partial charge in [0.25, 0.3) is 0 Å². The molecule has 0 bridgehead atoms. The van der Waals surface area contributed by atoms with Crippen LogP contribution in [-0.4, -0.2) is 23.9 Å². The van der Waals surface area contributed by atoms with Crippen molar-refractivity contribution in [3.8, 4) is 0 Å². The molecule has 2 N–H and O–H groups in total. The SMILES string of the molecule is CN/C=C(\S)SCC(=O)O. The first kappa shape index (κ1) is 9.71. The summed E-state index contributed by atoms with van der Waals surface area (Å²) in [6.07, 6.45) is 1.64. The lowest BCUT2D eigenvalue weighted by atomic mass is 10.8. The molecule has 10 heavy (non-hydrogen) atoms. The van der Waals surface area contributed by atoms with Crippen molar-refractivity contribution < 1.29 is 9.90 Å². The van der Waals surface area contributed by atoms with E-state index in [1.165, 1.54) is 11.8 Å². The standard InChI is InChI=1S/C5H9NO2S2/c1-6-2-5(9)10-3-4(7)8/h2,6,9H,3H2,1H3,(H,7,8)/b5-2+. The Balaban J connectivity index is 3.48. The summed E-state index contributed by atoms with van der Waals surface area (Å²) in [6, 6.07) is 0. The Morgan fingerprint density at radius 2 is 2.50 bits per heavy atom. The molecule has 0 aliphatic rings. The molecule has 0 aliphatic carbocycles. The molecule has 0 heterocycles. The molecular formula is C5H9NO2S2. The number of aliphatic carboxylic acids is 1. The van der Waals surface area contributed by atoms with E-state index in [-0.39, 0.29) is 5.75 Å². The Labute approximate surface area is 69.3 Å². The van der Waals surface area contributed by atoms with Crippen molar-refractivity contribution in [3.63, 3.8) is 0 Å².